The highest BCUT2D eigenvalue weighted by Gasteiger charge is 2.10. The summed E-state index contributed by atoms with van der Waals surface area (Å²) in [7, 11) is 3.50. The topological polar surface area (TPSA) is 53.1 Å². The molecule has 1 aromatic heterocycles. The van der Waals surface area contributed by atoms with Gasteiger partial charge in [-0.15, -0.1) is 11.8 Å². The second kappa shape index (κ2) is 4.71. The first-order chi connectivity index (χ1) is 8.17. The van der Waals surface area contributed by atoms with Crippen molar-refractivity contribution < 1.29 is 4.74 Å². The fraction of sp³-hybridized carbons (Fsp3) is 0.250. The summed E-state index contributed by atoms with van der Waals surface area (Å²) in [6.07, 6.45) is 3.79. The molecule has 4 nitrogen and oxygen atoms in total. The van der Waals surface area contributed by atoms with Crippen molar-refractivity contribution in [2.75, 3.05) is 19.1 Å². The van der Waals surface area contributed by atoms with Crippen molar-refractivity contribution in [3.05, 3.63) is 24.4 Å². The number of nitrogens with two attached hydrogens (primary N) is 1. The number of nitrogen functional groups attached to an aromatic ring is 1. The Labute approximate surface area is 105 Å². The molecule has 0 saturated heterocycles. The number of aromatic nitrogens is 2. The molecule has 0 spiro atoms. The molecule has 1 aromatic carbocycles. The fourth-order valence-electron chi connectivity index (χ4n) is 1.67. The summed E-state index contributed by atoms with van der Waals surface area (Å²) >= 11 is 1.66. The standard InChI is InChI=1S/C12H15N3OS/c1-15-12(13)9(7-14-15)8-4-5-11(17-3)10(6-8)16-2/h4-7H,13H2,1-3H3. The number of methoxy groups -OCH3 is 1. The van der Waals surface area contributed by atoms with Crippen LogP contribution in [0.4, 0.5) is 5.82 Å². The van der Waals surface area contributed by atoms with E-state index < -0.39 is 0 Å². The molecule has 0 aliphatic heterocycles. The Morgan fingerprint density at radius 3 is 2.71 bits per heavy atom. The molecule has 2 rings (SSSR count). The smallest absolute Gasteiger partial charge is 0.133 e. The van der Waals surface area contributed by atoms with Crippen LogP contribution in [0.25, 0.3) is 11.1 Å². The van der Waals surface area contributed by atoms with E-state index >= 15 is 0 Å². The van der Waals surface area contributed by atoms with E-state index in [1.54, 1.807) is 29.8 Å². The quantitative estimate of drug-likeness (QED) is 0.849. The SMILES string of the molecule is COc1cc(-c2cnn(C)c2N)ccc1SC. The molecule has 0 aliphatic carbocycles. The summed E-state index contributed by atoms with van der Waals surface area (Å²) < 4.78 is 7.01. The van der Waals surface area contributed by atoms with E-state index in [2.05, 4.69) is 5.10 Å². The Balaban J connectivity index is 2.50. The summed E-state index contributed by atoms with van der Waals surface area (Å²) in [5, 5.41) is 4.14. The van der Waals surface area contributed by atoms with Gasteiger partial charge in [0, 0.05) is 17.5 Å². The van der Waals surface area contributed by atoms with Gasteiger partial charge in [-0.3, -0.25) is 4.68 Å². The number of ether oxygens (including phenoxy) is 1. The molecular weight excluding hydrogens is 234 g/mol. The van der Waals surface area contributed by atoms with Crippen LogP contribution in [0.1, 0.15) is 0 Å². The number of nitrogens with zero attached hydrogens (tertiary/aromatic N) is 2. The van der Waals surface area contributed by atoms with E-state index in [4.69, 9.17) is 10.5 Å². The van der Waals surface area contributed by atoms with Crippen LogP contribution in [-0.2, 0) is 7.05 Å². The minimum absolute atomic E-state index is 0.656. The van der Waals surface area contributed by atoms with Crippen molar-refractivity contribution in [1.29, 1.82) is 0 Å². The molecule has 0 amide bonds. The lowest BCUT2D eigenvalue weighted by Crippen LogP contribution is -1.98. The Morgan fingerprint density at radius 1 is 1.41 bits per heavy atom. The zero-order valence-corrected chi connectivity index (χ0v) is 10.9. The van der Waals surface area contributed by atoms with Crippen molar-refractivity contribution in [1.82, 2.24) is 9.78 Å². The van der Waals surface area contributed by atoms with Gasteiger partial charge in [-0.05, 0) is 24.0 Å². The Hall–Kier alpha value is -1.62. The monoisotopic (exact) mass is 249 g/mol. The fourth-order valence-corrected chi connectivity index (χ4v) is 2.22. The third-order valence-corrected chi connectivity index (χ3v) is 3.46. The summed E-state index contributed by atoms with van der Waals surface area (Å²) in [6, 6.07) is 6.05. The minimum atomic E-state index is 0.656. The van der Waals surface area contributed by atoms with Crippen LogP contribution < -0.4 is 10.5 Å². The zero-order valence-electron chi connectivity index (χ0n) is 10.1. The van der Waals surface area contributed by atoms with Crippen LogP contribution in [0, 0.1) is 0 Å². The minimum Gasteiger partial charge on any atom is -0.496 e. The highest BCUT2D eigenvalue weighted by molar-refractivity contribution is 7.98. The lowest BCUT2D eigenvalue weighted by molar-refractivity contribution is 0.405. The predicted octanol–water partition coefficient (Wildman–Crippen LogP) is 2.40. The van der Waals surface area contributed by atoms with Crippen molar-refractivity contribution in [2.24, 2.45) is 7.05 Å². The third kappa shape index (κ3) is 2.10. The lowest BCUT2D eigenvalue weighted by atomic mass is 10.1. The second-order valence-electron chi connectivity index (χ2n) is 3.64. The second-order valence-corrected chi connectivity index (χ2v) is 4.48. The van der Waals surface area contributed by atoms with E-state index in [9.17, 15) is 0 Å². The van der Waals surface area contributed by atoms with E-state index in [-0.39, 0.29) is 0 Å². The molecule has 0 bridgehead atoms. The molecule has 0 aliphatic rings. The normalized spacial score (nSPS) is 10.5. The van der Waals surface area contributed by atoms with Crippen molar-refractivity contribution >= 4 is 17.6 Å². The van der Waals surface area contributed by atoms with Gasteiger partial charge in [0.05, 0.1) is 13.3 Å². The van der Waals surface area contributed by atoms with E-state index in [1.807, 2.05) is 31.5 Å². The molecule has 1 heterocycles. The van der Waals surface area contributed by atoms with E-state index in [1.165, 1.54) is 0 Å². The molecule has 2 aromatic rings. The number of aryl methyl sites for hydroxylation is 1. The van der Waals surface area contributed by atoms with Crippen LogP contribution in [-0.4, -0.2) is 23.1 Å². The first-order valence-electron chi connectivity index (χ1n) is 5.17. The van der Waals surface area contributed by atoms with Gasteiger partial charge in [0.1, 0.15) is 11.6 Å². The molecule has 0 unspecified atom stereocenters. The van der Waals surface area contributed by atoms with Crippen molar-refractivity contribution in [2.45, 2.75) is 4.90 Å². The van der Waals surface area contributed by atoms with Gasteiger partial charge in [-0.2, -0.15) is 5.10 Å². The molecule has 90 valence electrons. The van der Waals surface area contributed by atoms with Gasteiger partial charge in [0.2, 0.25) is 0 Å². The maximum Gasteiger partial charge on any atom is 0.133 e. The summed E-state index contributed by atoms with van der Waals surface area (Å²) in [5.41, 5.74) is 7.90. The third-order valence-electron chi connectivity index (χ3n) is 2.68. The zero-order chi connectivity index (χ0) is 12.4. The van der Waals surface area contributed by atoms with Gasteiger partial charge in [0.25, 0.3) is 0 Å². The lowest BCUT2D eigenvalue weighted by Gasteiger charge is -2.08. The van der Waals surface area contributed by atoms with Gasteiger partial charge in [-0.25, -0.2) is 0 Å². The highest BCUT2D eigenvalue weighted by Crippen LogP contribution is 2.34. The maximum absolute atomic E-state index is 5.95. The molecule has 17 heavy (non-hydrogen) atoms. The van der Waals surface area contributed by atoms with Crippen LogP contribution in [0.3, 0.4) is 0 Å². The van der Waals surface area contributed by atoms with E-state index in [0.717, 1.165) is 21.8 Å². The molecule has 0 saturated carbocycles. The Bertz CT molecular complexity index is 537. The van der Waals surface area contributed by atoms with E-state index in [0.29, 0.717) is 5.82 Å². The van der Waals surface area contributed by atoms with Crippen LogP contribution >= 0.6 is 11.8 Å². The largest absolute Gasteiger partial charge is 0.496 e. The Morgan fingerprint density at radius 2 is 2.18 bits per heavy atom. The average molecular weight is 249 g/mol. The number of hydrogen-bond acceptors (Lipinski definition) is 4. The predicted molar refractivity (Wildman–Crippen MR) is 71.4 cm³/mol. The van der Waals surface area contributed by atoms with Crippen LogP contribution in [0.15, 0.2) is 29.3 Å². The molecule has 0 radical (unpaired) electrons. The number of anilines is 1. The van der Waals surface area contributed by atoms with Crippen molar-refractivity contribution in [3.8, 4) is 16.9 Å². The van der Waals surface area contributed by atoms with Crippen LogP contribution in [0.2, 0.25) is 0 Å². The molecule has 0 atom stereocenters. The first kappa shape index (κ1) is 11.9. The van der Waals surface area contributed by atoms with Crippen LogP contribution in [0.5, 0.6) is 5.75 Å². The number of hydrogen-bond donors (Lipinski definition) is 1. The molecule has 0 fully saturated rings. The van der Waals surface area contributed by atoms with Gasteiger partial charge in [0.15, 0.2) is 0 Å². The first-order valence-corrected chi connectivity index (χ1v) is 6.39. The van der Waals surface area contributed by atoms with Gasteiger partial charge < -0.3 is 10.5 Å². The summed E-state index contributed by atoms with van der Waals surface area (Å²) in [4.78, 5) is 1.11. The summed E-state index contributed by atoms with van der Waals surface area (Å²) in [5.74, 6) is 1.52. The number of rotatable bonds is 3. The van der Waals surface area contributed by atoms with Gasteiger partial charge >= 0.3 is 0 Å². The number of benzene rings is 1. The molecular formula is C12H15N3OS. The van der Waals surface area contributed by atoms with Crippen molar-refractivity contribution in [3.63, 3.8) is 0 Å². The van der Waals surface area contributed by atoms with Gasteiger partial charge in [-0.1, -0.05) is 6.07 Å². The number of thioether (sulfide) groups is 1. The highest BCUT2D eigenvalue weighted by atomic mass is 32.2. The average Bonchev–Trinajstić information content (AvgIpc) is 2.69. The molecule has 5 heteroatoms. The summed E-state index contributed by atoms with van der Waals surface area (Å²) in [6.45, 7) is 0. The molecule has 2 N–H and O–H groups in total. The maximum atomic E-state index is 5.95. The Kier molecular flexibility index (Phi) is 3.28.